The van der Waals surface area contributed by atoms with Gasteiger partial charge in [-0.15, -0.1) is 0 Å². The number of ether oxygens (including phenoxy) is 2. The molecule has 4 nitrogen and oxygen atoms in total. The van der Waals surface area contributed by atoms with E-state index in [0.29, 0.717) is 13.2 Å². The van der Waals surface area contributed by atoms with Crippen LogP contribution in [0.25, 0.3) is 0 Å². The average molecular weight is 353 g/mol. The van der Waals surface area contributed by atoms with Crippen molar-refractivity contribution in [1.82, 2.24) is 0 Å². The van der Waals surface area contributed by atoms with Crippen molar-refractivity contribution in [3.63, 3.8) is 0 Å². The Morgan fingerprint density at radius 2 is 1.18 bits per heavy atom. The molecule has 0 aromatic heterocycles. The molecule has 0 N–H and O–H groups in total. The normalized spacial score (nSPS) is 9.29. The van der Waals surface area contributed by atoms with Gasteiger partial charge in [0.2, 0.25) is 0 Å². The Kier molecular flexibility index (Phi) is 15.5. The van der Waals surface area contributed by atoms with Crippen molar-refractivity contribution >= 4 is 35.8 Å². The van der Waals surface area contributed by atoms with Gasteiger partial charge in [-0.2, -0.15) is 0 Å². The summed E-state index contributed by atoms with van der Waals surface area (Å²) in [6.45, 7) is 4.94. The van der Waals surface area contributed by atoms with Gasteiger partial charge < -0.3 is 9.47 Å². The summed E-state index contributed by atoms with van der Waals surface area (Å²) in [7, 11) is 0. The first kappa shape index (κ1) is 19.1. The molecule has 102 valence electrons. The molecule has 5 heteroatoms. The van der Waals surface area contributed by atoms with Crippen LogP contribution < -0.4 is 0 Å². The Labute approximate surface area is 120 Å². The Morgan fingerprint density at radius 3 is 1.47 bits per heavy atom. The van der Waals surface area contributed by atoms with Crippen LogP contribution in [0.2, 0.25) is 0 Å². The Bertz CT molecular complexity index is 185. The molecule has 0 aromatic carbocycles. The van der Waals surface area contributed by atoms with E-state index < -0.39 is 0 Å². The average Bonchev–Trinajstić information content (AvgIpc) is 2.27. The first-order valence-corrected chi connectivity index (χ1v) is 6.02. The summed E-state index contributed by atoms with van der Waals surface area (Å²) in [5, 5.41) is 0. The molecule has 0 amide bonds. The topological polar surface area (TPSA) is 52.6 Å². The van der Waals surface area contributed by atoms with Gasteiger partial charge in [-0.25, -0.2) is 0 Å². The van der Waals surface area contributed by atoms with Gasteiger partial charge in [-0.1, -0.05) is 26.7 Å². The van der Waals surface area contributed by atoms with Crippen molar-refractivity contribution in [2.75, 3.05) is 13.2 Å². The van der Waals surface area contributed by atoms with E-state index in [1.807, 2.05) is 13.8 Å². The zero-order valence-corrected chi connectivity index (χ0v) is 10.3. The number of carbonyl (C=O) groups is 2. The minimum atomic E-state index is -0.319. The van der Waals surface area contributed by atoms with Crippen molar-refractivity contribution < 1.29 is 19.1 Å². The molecule has 0 saturated heterocycles. The first-order valence-electron chi connectivity index (χ1n) is 6.02. The Morgan fingerprint density at radius 1 is 0.824 bits per heavy atom. The van der Waals surface area contributed by atoms with Crippen molar-refractivity contribution in [2.45, 2.75) is 52.4 Å². The van der Waals surface area contributed by atoms with Crippen LogP contribution in [0.5, 0.6) is 0 Å². The molecule has 0 aromatic rings. The molecule has 0 fully saturated rings. The number of unbranched alkanes of at least 4 members (excludes halogenated alkanes) is 2. The summed E-state index contributed by atoms with van der Waals surface area (Å²) in [5.41, 5.74) is 0. The molecule has 0 bridgehead atoms. The van der Waals surface area contributed by atoms with Gasteiger partial charge in [0, 0.05) is 0 Å². The van der Waals surface area contributed by atoms with Crippen molar-refractivity contribution in [3.05, 3.63) is 0 Å². The summed E-state index contributed by atoms with van der Waals surface area (Å²) in [5.74, 6) is -0.637. The van der Waals surface area contributed by atoms with E-state index in [1.54, 1.807) is 0 Å². The molecule has 0 unspecified atom stereocenters. The Balaban J connectivity index is 0. The standard InChI is InChI=1S/C12H22O4.Sn.4H/c1-3-5-9-15-11(13)7-8-12(14)16-10-6-4-2;;;;;/h3-10H2,1-2H3;;;;;. The van der Waals surface area contributed by atoms with E-state index >= 15 is 0 Å². The van der Waals surface area contributed by atoms with Gasteiger partial charge in [0.15, 0.2) is 0 Å². The monoisotopic (exact) mass is 354 g/mol. The van der Waals surface area contributed by atoms with E-state index in [9.17, 15) is 9.59 Å². The number of esters is 2. The molecule has 0 radical (unpaired) electrons. The molecule has 0 saturated carbocycles. The third-order valence-electron chi connectivity index (χ3n) is 2.06. The third kappa shape index (κ3) is 13.7. The van der Waals surface area contributed by atoms with Crippen LogP contribution in [0.15, 0.2) is 0 Å². The van der Waals surface area contributed by atoms with E-state index in [4.69, 9.17) is 9.47 Å². The molecular weight excluding hydrogens is 327 g/mol. The predicted octanol–water partition coefficient (Wildman–Crippen LogP) is 1.00. The maximum atomic E-state index is 11.1. The first-order chi connectivity index (χ1) is 7.70. The SMILES string of the molecule is CCCCOC(=O)CCC(=O)OCCCC.[SnH4]. The van der Waals surface area contributed by atoms with Crippen molar-refractivity contribution in [3.8, 4) is 0 Å². The second kappa shape index (κ2) is 13.8. The summed E-state index contributed by atoms with van der Waals surface area (Å²) in [6, 6.07) is 0. The van der Waals surface area contributed by atoms with Gasteiger partial charge in [0.1, 0.15) is 0 Å². The van der Waals surface area contributed by atoms with Crippen LogP contribution in [0.3, 0.4) is 0 Å². The molecule has 17 heavy (non-hydrogen) atoms. The second-order valence-electron chi connectivity index (χ2n) is 3.65. The summed E-state index contributed by atoms with van der Waals surface area (Å²) in [6.07, 6.45) is 3.96. The zero-order valence-electron chi connectivity index (χ0n) is 10.3. The van der Waals surface area contributed by atoms with E-state index in [0.717, 1.165) is 25.7 Å². The Hall–Kier alpha value is -0.261. The van der Waals surface area contributed by atoms with Crippen LogP contribution >= 0.6 is 0 Å². The fourth-order valence-electron chi connectivity index (χ4n) is 1.01. The van der Waals surface area contributed by atoms with Crippen molar-refractivity contribution in [1.29, 1.82) is 0 Å². The van der Waals surface area contributed by atoms with Crippen LogP contribution in [0.1, 0.15) is 52.4 Å². The van der Waals surface area contributed by atoms with Gasteiger partial charge in [0.05, 0.1) is 26.1 Å². The molecule has 0 aliphatic carbocycles. The summed E-state index contributed by atoms with van der Waals surface area (Å²) < 4.78 is 9.82. The molecule has 0 atom stereocenters. The van der Waals surface area contributed by atoms with Crippen LogP contribution in [0, 0.1) is 0 Å². The van der Waals surface area contributed by atoms with Crippen molar-refractivity contribution in [2.24, 2.45) is 0 Å². The number of rotatable bonds is 9. The van der Waals surface area contributed by atoms with E-state index in [2.05, 4.69) is 0 Å². The zero-order chi connectivity index (χ0) is 12.2. The minimum absolute atomic E-state index is 0. The van der Waals surface area contributed by atoms with Gasteiger partial charge in [0.25, 0.3) is 0 Å². The fraction of sp³-hybridized carbons (Fsp3) is 0.833. The van der Waals surface area contributed by atoms with Gasteiger partial charge in [-0.05, 0) is 12.8 Å². The van der Waals surface area contributed by atoms with Gasteiger partial charge >= 0.3 is 35.8 Å². The van der Waals surface area contributed by atoms with Gasteiger partial charge in [-0.3, -0.25) is 9.59 Å². The second-order valence-corrected chi connectivity index (χ2v) is 3.65. The molecular formula is C12H26O4Sn. The number of hydrogen-bond acceptors (Lipinski definition) is 4. The summed E-state index contributed by atoms with van der Waals surface area (Å²) >= 11 is 0. The summed E-state index contributed by atoms with van der Waals surface area (Å²) in [4.78, 5) is 22.2. The number of carbonyl (C=O) groups excluding carboxylic acids is 2. The molecule has 0 rings (SSSR count). The van der Waals surface area contributed by atoms with Crippen LogP contribution in [0.4, 0.5) is 0 Å². The van der Waals surface area contributed by atoms with Crippen LogP contribution in [-0.2, 0) is 19.1 Å². The number of hydrogen-bond donors (Lipinski definition) is 0. The van der Waals surface area contributed by atoms with Crippen LogP contribution in [-0.4, -0.2) is 49.1 Å². The maximum absolute atomic E-state index is 11.1. The molecule has 0 aliphatic rings. The van der Waals surface area contributed by atoms with E-state index in [1.165, 1.54) is 0 Å². The van der Waals surface area contributed by atoms with E-state index in [-0.39, 0.29) is 48.7 Å². The predicted molar refractivity (Wildman–Crippen MR) is 72.3 cm³/mol. The molecule has 0 heterocycles. The fourth-order valence-corrected chi connectivity index (χ4v) is 1.01. The third-order valence-corrected chi connectivity index (χ3v) is 2.06. The molecule has 0 spiro atoms. The molecule has 0 aliphatic heterocycles. The quantitative estimate of drug-likeness (QED) is 0.353.